The predicted octanol–water partition coefficient (Wildman–Crippen LogP) is 2.77. The Bertz CT molecular complexity index is 1240. The van der Waals surface area contributed by atoms with E-state index in [-0.39, 0.29) is 24.0 Å². The number of hydrogen-bond donors (Lipinski definition) is 3. The van der Waals surface area contributed by atoms with Gasteiger partial charge < -0.3 is 39.3 Å². The van der Waals surface area contributed by atoms with Crippen LogP contribution < -0.4 is 9.47 Å². The van der Waals surface area contributed by atoms with Crippen LogP contribution in [0.15, 0.2) is 24.3 Å². The molecule has 2 amide bonds. The molecule has 0 radical (unpaired) electrons. The van der Waals surface area contributed by atoms with Crippen molar-refractivity contribution in [3.63, 3.8) is 0 Å². The average molecular weight is 565 g/mol. The van der Waals surface area contributed by atoms with Crippen LogP contribution in [0.1, 0.15) is 52.6 Å². The van der Waals surface area contributed by atoms with E-state index in [2.05, 4.69) is 0 Å². The van der Waals surface area contributed by atoms with E-state index in [0.29, 0.717) is 30.0 Å². The number of carbonyl (C=O) groups excluding carboxylic acids is 2. The minimum absolute atomic E-state index is 0.00335. The quantitative estimate of drug-likeness (QED) is 0.391. The molecule has 0 spiro atoms. The number of carboxylic acids is 2. The molecule has 1 atom stereocenters. The van der Waals surface area contributed by atoms with Gasteiger partial charge in [-0.05, 0) is 56.5 Å². The maximum absolute atomic E-state index is 13.1. The standard InChI is InChI=1S/C26H32N2O10S/c1-26(2,3)38-25(35)28-8-7-20-16(11-28)10-21(39-20)24(34)27(4)12-17(29)15-5-6-18(36-13-22(30)31)19(9-15)37-14-23(32)33/h5-6,9-10,17,29H,7-8,11-14H2,1-4H3,(H,30,31)(H,32,33). The van der Waals surface area contributed by atoms with E-state index in [4.69, 9.17) is 24.4 Å². The Morgan fingerprint density at radius 1 is 1.05 bits per heavy atom. The van der Waals surface area contributed by atoms with Gasteiger partial charge in [0.2, 0.25) is 0 Å². The molecule has 0 fully saturated rings. The summed E-state index contributed by atoms with van der Waals surface area (Å²) in [7, 11) is 1.55. The maximum atomic E-state index is 13.1. The second-order valence-corrected chi connectivity index (χ2v) is 11.1. The van der Waals surface area contributed by atoms with E-state index in [1.54, 1.807) is 38.8 Å². The highest BCUT2D eigenvalue weighted by Crippen LogP contribution is 2.32. The van der Waals surface area contributed by atoms with Gasteiger partial charge in [0.25, 0.3) is 5.91 Å². The van der Waals surface area contributed by atoms with Gasteiger partial charge in [-0.15, -0.1) is 11.3 Å². The first-order valence-corrected chi connectivity index (χ1v) is 12.9. The molecule has 3 N–H and O–H groups in total. The number of carboxylic acid groups (broad SMARTS) is 2. The topological polar surface area (TPSA) is 163 Å². The van der Waals surface area contributed by atoms with Crippen LogP contribution in [-0.2, 0) is 27.3 Å². The summed E-state index contributed by atoms with van der Waals surface area (Å²) in [5.41, 5.74) is 0.591. The van der Waals surface area contributed by atoms with E-state index in [1.807, 2.05) is 0 Å². The molecule has 12 nitrogen and oxygen atoms in total. The molecule has 1 aliphatic rings. The zero-order valence-corrected chi connectivity index (χ0v) is 22.9. The highest BCUT2D eigenvalue weighted by Gasteiger charge is 2.29. The molecule has 1 aliphatic heterocycles. The Labute approximate surface area is 229 Å². The lowest BCUT2D eigenvalue weighted by Crippen LogP contribution is -2.39. The predicted molar refractivity (Wildman–Crippen MR) is 139 cm³/mol. The molecule has 1 aromatic carbocycles. The Morgan fingerprint density at radius 3 is 2.31 bits per heavy atom. The number of likely N-dealkylation sites (N-methyl/N-ethyl adjacent to an activating group) is 1. The van der Waals surface area contributed by atoms with Gasteiger partial charge >= 0.3 is 18.0 Å². The Morgan fingerprint density at radius 2 is 1.69 bits per heavy atom. The smallest absolute Gasteiger partial charge is 0.410 e. The number of hydrogen-bond acceptors (Lipinski definition) is 9. The molecule has 2 aromatic rings. The fourth-order valence-electron chi connectivity index (χ4n) is 3.80. The van der Waals surface area contributed by atoms with Crippen molar-refractivity contribution >= 4 is 35.3 Å². The number of amides is 2. The van der Waals surface area contributed by atoms with Crippen LogP contribution >= 0.6 is 11.3 Å². The average Bonchev–Trinajstić information content (AvgIpc) is 3.28. The number of aliphatic hydroxyl groups excluding tert-OH is 1. The Kier molecular flexibility index (Phi) is 9.41. The number of aliphatic hydroxyl groups is 1. The van der Waals surface area contributed by atoms with Crippen LogP contribution in [0.4, 0.5) is 4.79 Å². The lowest BCUT2D eigenvalue weighted by atomic mass is 10.1. The number of aliphatic carboxylic acids is 2. The number of fused-ring (bicyclic) bond motifs is 1. The molecular weight excluding hydrogens is 532 g/mol. The summed E-state index contributed by atoms with van der Waals surface area (Å²) in [6.45, 7) is 4.79. The van der Waals surface area contributed by atoms with Crippen LogP contribution in [0.3, 0.4) is 0 Å². The van der Waals surface area contributed by atoms with Gasteiger partial charge in [-0.3, -0.25) is 4.79 Å². The molecule has 1 aromatic heterocycles. The second kappa shape index (κ2) is 12.3. The van der Waals surface area contributed by atoms with E-state index in [0.717, 1.165) is 10.4 Å². The molecule has 1 unspecified atom stereocenters. The Balaban J connectivity index is 1.67. The Hall–Kier alpha value is -3.84. The minimum atomic E-state index is -1.25. The number of rotatable bonds is 10. The highest BCUT2D eigenvalue weighted by molar-refractivity contribution is 7.14. The lowest BCUT2D eigenvalue weighted by molar-refractivity contribution is -0.140. The molecule has 39 heavy (non-hydrogen) atoms. The summed E-state index contributed by atoms with van der Waals surface area (Å²) < 4.78 is 15.8. The molecule has 0 aliphatic carbocycles. The number of nitrogens with zero attached hydrogens (tertiary/aromatic N) is 2. The summed E-state index contributed by atoms with van der Waals surface area (Å²) >= 11 is 1.35. The molecule has 0 bridgehead atoms. The van der Waals surface area contributed by atoms with Gasteiger partial charge in [-0.2, -0.15) is 0 Å². The second-order valence-electron chi connectivity index (χ2n) is 9.98. The zero-order chi connectivity index (χ0) is 28.9. The lowest BCUT2D eigenvalue weighted by Gasteiger charge is -2.29. The summed E-state index contributed by atoms with van der Waals surface area (Å²) in [6, 6.07) is 5.94. The summed E-state index contributed by atoms with van der Waals surface area (Å²) in [5.74, 6) is -2.83. The van der Waals surface area contributed by atoms with E-state index in [1.165, 1.54) is 34.4 Å². The number of ether oxygens (including phenoxy) is 3. The third-order valence-electron chi connectivity index (χ3n) is 5.58. The molecule has 0 saturated heterocycles. The largest absolute Gasteiger partial charge is 0.479 e. The van der Waals surface area contributed by atoms with Crippen LogP contribution in [0.5, 0.6) is 11.5 Å². The first kappa shape index (κ1) is 29.7. The first-order valence-electron chi connectivity index (χ1n) is 12.1. The SMILES string of the molecule is CN(CC(O)c1ccc(OCC(=O)O)c(OCC(=O)O)c1)C(=O)c1cc2c(s1)CCN(C(=O)OC(C)(C)C)C2. The number of thiophene rings is 1. The fraction of sp³-hybridized carbons (Fsp3) is 0.462. The van der Waals surface area contributed by atoms with Crippen LogP contribution in [0.25, 0.3) is 0 Å². The van der Waals surface area contributed by atoms with Crippen molar-refractivity contribution in [1.29, 1.82) is 0 Å². The van der Waals surface area contributed by atoms with Gasteiger partial charge in [0, 0.05) is 18.5 Å². The third kappa shape index (κ3) is 8.32. The maximum Gasteiger partial charge on any atom is 0.410 e. The molecular formula is C26H32N2O10S. The minimum Gasteiger partial charge on any atom is -0.479 e. The van der Waals surface area contributed by atoms with Gasteiger partial charge in [0.15, 0.2) is 24.7 Å². The number of carbonyl (C=O) groups is 4. The van der Waals surface area contributed by atoms with Crippen molar-refractivity contribution in [3.8, 4) is 11.5 Å². The first-order chi connectivity index (χ1) is 18.2. The highest BCUT2D eigenvalue weighted by atomic mass is 32.1. The van der Waals surface area contributed by atoms with E-state index in [9.17, 15) is 24.3 Å². The molecule has 13 heteroatoms. The molecule has 0 saturated carbocycles. The van der Waals surface area contributed by atoms with Crippen molar-refractivity contribution in [2.24, 2.45) is 0 Å². The number of benzene rings is 1. The summed E-state index contributed by atoms with van der Waals surface area (Å²) in [6.07, 6.45) is -0.954. The van der Waals surface area contributed by atoms with Crippen LogP contribution in [0.2, 0.25) is 0 Å². The normalized spacial score (nSPS) is 13.7. The van der Waals surface area contributed by atoms with Crippen molar-refractivity contribution in [2.75, 3.05) is 33.4 Å². The van der Waals surface area contributed by atoms with Gasteiger partial charge in [-0.1, -0.05) is 6.07 Å². The van der Waals surface area contributed by atoms with Gasteiger partial charge in [0.1, 0.15) is 5.60 Å². The molecule has 3 rings (SSSR count). The van der Waals surface area contributed by atoms with Crippen LogP contribution in [-0.4, -0.2) is 88.0 Å². The van der Waals surface area contributed by atoms with Gasteiger partial charge in [-0.25, -0.2) is 14.4 Å². The van der Waals surface area contributed by atoms with E-state index < -0.39 is 43.0 Å². The third-order valence-corrected chi connectivity index (χ3v) is 6.80. The van der Waals surface area contributed by atoms with Gasteiger partial charge in [0.05, 0.1) is 24.1 Å². The summed E-state index contributed by atoms with van der Waals surface area (Å²) in [5, 5.41) is 28.6. The molecule has 2 heterocycles. The monoisotopic (exact) mass is 564 g/mol. The summed E-state index contributed by atoms with van der Waals surface area (Å²) in [4.78, 5) is 51.8. The van der Waals surface area contributed by atoms with Crippen molar-refractivity contribution in [1.82, 2.24) is 9.80 Å². The molecule has 212 valence electrons. The van der Waals surface area contributed by atoms with Crippen LogP contribution in [0, 0.1) is 0 Å². The van der Waals surface area contributed by atoms with Crippen molar-refractivity contribution in [3.05, 3.63) is 45.1 Å². The zero-order valence-electron chi connectivity index (χ0n) is 22.1. The van der Waals surface area contributed by atoms with E-state index >= 15 is 0 Å². The van der Waals surface area contributed by atoms with Crippen molar-refractivity contribution < 1.29 is 48.7 Å². The fourth-order valence-corrected chi connectivity index (χ4v) is 4.96. The van der Waals surface area contributed by atoms with Crippen molar-refractivity contribution in [2.45, 2.75) is 45.4 Å².